The lowest BCUT2D eigenvalue weighted by Crippen LogP contribution is -2.36. The third-order valence-corrected chi connectivity index (χ3v) is 7.72. The molecule has 0 amide bonds. The van der Waals surface area contributed by atoms with Crippen molar-refractivity contribution < 1.29 is 0 Å². The second-order valence-corrected chi connectivity index (χ2v) is 11.1. The Hall–Kier alpha value is -3.04. The Labute approximate surface area is 202 Å². The molecule has 1 spiro atoms. The molecule has 0 saturated heterocycles. The van der Waals surface area contributed by atoms with Gasteiger partial charge in [-0.05, 0) is 49.4 Å². The summed E-state index contributed by atoms with van der Waals surface area (Å²) in [5.41, 5.74) is 5.36. The van der Waals surface area contributed by atoms with Crippen LogP contribution in [0.15, 0.2) is 34.6 Å². The van der Waals surface area contributed by atoms with Crippen molar-refractivity contribution >= 4 is 34.0 Å². The van der Waals surface area contributed by atoms with E-state index in [2.05, 4.69) is 60.0 Å². The summed E-state index contributed by atoms with van der Waals surface area (Å²) in [7, 11) is 0. The summed E-state index contributed by atoms with van der Waals surface area (Å²) < 4.78 is 3.51. The fourth-order valence-electron chi connectivity index (χ4n) is 4.85. The van der Waals surface area contributed by atoms with E-state index in [4.69, 9.17) is 9.97 Å². The predicted octanol–water partition coefficient (Wildman–Crippen LogP) is 4.23. The van der Waals surface area contributed by atoms with E-state index < -0.39 is 0 Å². The number of aromatic nitrogens is 5. The molecule has 1 aromatic carbocycles. The molecular weight excluding hydrogens is 446 g/mol. The van der Waals surface area contributed by atoms with E-state index in [1.54, 1.807) is 10.9 Å². The van der Waals surface area contributed by atoms with E-state index >= 15 is 0 Å². The van der Waals surface area contributed by atoms with Crippen molar-refractivity contribution in [3.05, 3.63) is 57.0 Å². The Morgan fingerprint density at radius 3 is 2.76 bits per heavy atom. The number of benzene rings is 1. The minimum absolute atomic E-state index is 0.0717. The van der Waals surface area contributed by atoms with Gasteiger partial charge in [-0.1, -0.05) is 26.8 Å². The first-order valence-corrected chi connectivity index (χ1v) is 12.8. The van der Waals surface area contributed by atoms with Crippen LogP contribution in [0.1, 0.15) is 57.4 Å². The molecule has 34 heavy (non-hydrogen) atoms. The fourth-order valence-corrected chi connectivity index (χ4v) is 5.91. The molecule has 176 valence electrons. The summed E-state index contributed by atoms with van der Waals surface area (Å²) in [5, 5.41) is 10.3. The van der Waals surface area contributed by atoms with E-state index in [-0.39, 0.29) is 16.5 Å². The first-order chi connectivity index (χ1) is 16.3. The normalized spacial score (nSPS) is 16.7. The van der Waals surface area contributed by atoms with Crippen LogP contribution in [0.4, 0.5) is 11.6 Å². The molecule has 1 fully saturated rings. The molecule has 2 aliphatic rings. The van der Waals surface area contributed by atoms with Crippen LogP contribution in [-0.2, 0) is 23.9 Å². The van der Waals surface area contributed by atoms with E-state index in [1.165, 1.54) is 35.3 Å². The highest BCUT2D eigenvalue weighted by Gasteiger charge is 2.46. The highest BCUT2D eigenvalue weighted by molar-refractivity contribution is 7.12. The second-order valence-electron chi connectivity index (χ2n) is 10.3. The number of hydrogen-bond donors (Lipinski definition) is 2. The van der Waals surface area contributed by atoms with Crippen molar-refractivity contribution in [1.82, 2.24) is 29.6 Å². The van der Waals surface area contributed by atoms with Gasteiger partial charge in [-0.3, -0.25) is 4.79 Å². The molecule has 3 aromatic heterocycles. The van der Waals surface area contributed by atoms with Crippen LogP contribution in [0, 0.1) is 0 Å². The topological polar surface area (TPSA) is 89.7 Å². The lowest BCUT2D eigenvalue weighted by atomic mass is 9.92. The molecule has 6 rings (SSSR count). The molecule has 1 saturated carbocycles. The van der Waals surface area contributed by atoms with Crippen molar-refractivity contribution in [2.24, 2.45) is 0 Å². The average molecular weight is 476 g/mol. The Balaban J connectivity index is 1.40. The summed E-state index contributed by atoms with van der Waals surface area (Å²) in [6.45, 7) is 9.89. The maximum Gasteiger partial charge on any atom is 0.278 e. The van der Waals surface area contributed by atoms with Crippen LogP contribution in [0.25, 0.3) is 16.2 Å². The molecule has 0 unspecified atom stereocenters. The zero-order chi connectivity index (χ0) is 23.7. The van der Waals surface area contributed by atoms with E-state index in [1.807, 2.05) is 11.6 Å². The number of nitrogens with zero attached hydrogens (tertiary/aromatic N) is 5. The van der Waals surface area contributed by atoms with Gasteiger partial charge >= 0.3 is 0 Å². The summed E-state index contributed by atoms with van der Waals surface area (Å²) >= 11 is 1.52. The van der Waals surface area contributed by atoms with Crippen LogP contribution < -0.4 is 16.2 Å². The second kappa shape index (κ2) is 7.48. The minimum Gasteiger partial charge on any atom is -0.324 e. The number of anilines is 2. The van der Waals surface area contributed by atoms with Crippen molar-refractivity contribution in [2.45, 2.75) is 64.5 Å². The van der Waals surface area contributed by atoms with Gasteiger partial charge in [0.15, 0.2) is 5.65 Å². The SMILES string of the molecule is CCn1c(=O)c2cnc(Nc3ccc4c(c3)CCNC43CC3)nc2n1-c1nc(C(C)(C)C)cs1. The number of fused-ring (bicyclic) bond motifs is 3. The minimum atomic E-state index is -0.104. The number of thiazole rings is 1. The molecule has 8 nitrogen and oxygen atoms in total. The molecular formula is C25H29N7OS. The van der Waals surface area contributed by atoms with E-state index in [0.717, 1.165) is 29.5 Å². The van der Waals surface area contributed by atoms with Gasteiger partial charge < -0.3 is 10.6 Å². The maximum absolute atomic E-state index is 13.1. The van der Waals surface area contributed by atoms with Crippen molar-refractivity contribution in [2.75, 3.05) is 11.9 Å². The Bertz CT molecular complexity index is 1470. The summed E-state index contributed by atoms with van der Waals surface area (Å²) in [6, 6.07) is 6.53. The van der Waals surface area contributed by atoms with Crippen molar-refractivity contribution in [3.8, 4) is 5.13 Å². The maximum atomic E-state index is 13.1. The molecule has 9 heteroatoms. The fraction of sp³-hybridized carbons (Fsp3) is 0.440. The molecule has 0 radical (unpaired) electrons. The van der Waals surface area contributed by atoms with Gasteiger partial charge in [0.2, 0.25) is 11.1 Å². The summed E-state index contributed by atoms with van der Waals surface area (Å²) in [4.78, 5) is 27.1. The Kier molecular flexibility index (Phi) is 4.73. The average Bonchev–Trinajstić information content (AvgIpc) is 3.27. The van der Waals surface area contributed by atoms with Crippen LogP contribution in [0.2, 0.25) is 0 Å². The molecule has 1 aliphatic heterocycles. The largest absolute Gasteiger partial charge is 0.324 e. The van der Waals surface area contributed by atoms with Crippen LogP contribution in [0.3, 0.4) is 0 Å². The smallest absolute Gasteiger partial charge is 0.278 e. The monoisotopic (exact) mass is 475 g/mol. The zero-order valence-corrected chi connectivity index (χ0v) is 20.8. The first kappa shape index (κ1) is 21.5. The summed E-state index contributed by atoms with van der Waals surface area (Å²) in [6.07, 6.45) is 5.07. The number of nitrogens with one attached hydrogen (secondary N) is 2. The third-order valence-electron chi connectivity index (χ3n) is 6.90. The number of hydrogen-bond acceptors (Lipinski definition) is 7. The third kappa shape index (κ3) is 3.37. The quantitative estimate of drug-likeness (QED) is 0.459. The van der Waals surface area contributed by atoms with Gasteiger partial charge in [0.1, 0.15) is 5.39 Å². The lowest BCUT2D eigenvalue weighted by molar-refractivity contribution is 0.490. The molecule has 2 N–H and O–H groups in total. The first-order valence-electron chi connectivity index (χ1n) is 11.9. The molecule has 0 atom stereocenters. The van der Waals surface area contributed by atoms with Gasteiger partial charge in [0, 0.05) is 41.3 Å². The highest BCUT2D eigenvalue weighted by atomic mass is 32.1. The molecule has 0 bridgehead atoms. The Morgan fingerprint density at radius 2 is 2.06 bits per heavy atom. The standard InChI is InChI=1S/C25H29N7OS/c1-5-31-21(33)17-13-26-22(30-20(17)32(31)23-29-19(14-34-23)24(2,3)4)28-16-6-7-18-15(12-16)8-11-27-25(18)9-10-25/h6-7,12-14,27H,5,8-11H2,1-4H3,(H,26,28,30). The number of rotatable bonds is 4. The molecule has 4 heterocycles. The predicted molar refractivity (Wildman–Crippen MR) is 136 cm³/mol. The summed E-state index contributed by atoms with van der Waals surface area (Å²) in [5.74, 6) is 0.470. The van der Waals surface area contributed by atoms with Crippen molar-refractivity contribution in [3.63, 3.8) is 0 Å². The van der Waals surface area contributed by atoms with Gasteiger partial charge in [-0.25, -0.2) is 19.3 Å². The van der Waals surface area contributed by atoms with E-state index in [9.17, 15) is 4.79 Å². The van der Waals surface area contributed by atoms with Gasteiger partial charge in [0.25, 0.3) is 5.56 Å². The van der Waals surface area contributed by atoms with Gasteiger partial charge in [-0.15, -0.1) is 11.3 Å². The van der Waals surface area contributed by atoms with Crippen LogP contribution in [-0.4, -0.2) is 30.9 Å². The van der Waals surface area contributed by atoms with Crippen LogP contribution >= 0.6 is 11.3 Å². The Morgan fingerprint density at radius 1 is 1.24 bits per heavy atom. The lowest BCUT2D eigenvalue weighted by Gasteiger charge is -2.27. The van der Waals surface area contributed by atoms with E-state index in [0.29, 0.717) is 23.5 Å². The zero-order valence-electron chi connectivity index (χ0n) is 20.0. The molecule has 4 aromatic rings. The van der Waals surface area contributed by atoms with Crippen molar-refractivity contribution in [1.29, 1.82) is 0 Å². The van der Waals surface area contributed by atoms with Gasteiger partial charge in [-0.2, -0.15) is 4.98 Å². The van der Waals surface area contributed by atoms with Crippen LogP contribution in [0.5, 0.6) is 0 Å². The van der Waals surface area contributed by atoms with Gasteiger partial charge in [0.05, 0.1) is 5.69 Å². The highest BCUT2D eigenvalue weighted by Crippen LogP contribution is 2.48. The molecule has 1 aliphatic carbocycles.